The van der Waals surface area contributed by atoms with Gasteiger partial charge < -0.3 is 20.1 Å². The van der Waals surface area contributed by atoms with Crippen molar-refractivity contribution in [1.82, 2.24) is 0 Å². The monoisotopic (exact) mass is 370 g/mol. The van der Waals surface area contributed by atoms with E-state index in [9.17, 15) is 19.8 Å². The normalized spacial score (nSPS) is 24.5. The summed E-state index contributed by atoms with van der Waals surface area (Å²) in [4.78, 5) is 23.4. The van der Waals surface area contributed by atoms with E-state index in [4.69, 9.17) is 9.84 Å². The van der Waals surface area contributed by atoms with E-state index in [-0.39, 0.29) is 19.4 Å². The molecule has 1 fully saturated rings. The van der Waals surface area contributed by atoms with Crippen molar-refractivity contribution in [3.8, 4) is 11.1 Å². The summed E-state index contributed by atoms with van der Waals surface area (Å²) in [6, 6.07) is 16.7. The Labute approximate surface area is 157 Å². The molecule has 27 heavy (non-hydrogen) atoms. The van der Waals surface area contributed by atoms with Crippen LogP contribution in [0.1, 0.15) is 23.2 Å². The van der Waals surface area contributed by atoms with Crippen molar-refractivity contribution in [2.45, 2.75) is 25.0 Å². The maximum absolute atomic E-state index is 12.4. The average Bonchev–Trinajstić information content (AvgIpc) is 2.96. The fourth-order valence-electron chi connectivity index (χ4n) is 3.66. The molecule has 1 aliphatic rings. The number of rotatable bonds is 6. The molecule has 0 heterocycles. The van der Waals surface area contributed by atoms with E-state index in [1.165, 1.54) is 0 Å². The van der Waals surface area contributed by atoms with Gasteiger partial charge in [0, 0.05) is 24.9 Å². The smallest absolute Gasteiger partial charge is 0.338 e. The third kappa shape index (κ3) is 4.35. The molecular weight excluding hydrogens is 348 g/mol. The standard InChI is InChI=1S/C21H22O6/c22-12-17-16(10-20(24)25)18(23)11-19(17)27-21(26)15-8-6-14(7-9-15)13-4-2-1-3-5-13/h1-9,16-19,22-23H,10-12H2,(H,24,25)/t16-,17-,18+,19-/m1/s1. The highest BCUT2D eigenvalue weighted by Crippen LogP contribution is 2.37. The zero-order chi connectivity index (χ0) is 19.4. The summed E-state index contributed by atoms with van der Waals surface area (Å²) in [5.41, 5.74) is 2.37. The highest BCUT2D eigenvalue weighted by atomic mass is 16.5. The van der Waals surface area contributed by atoms with Gasteiger partial charge in [-0.15, -0.1) is 0 Å². The molecule has 6 nitrogen and oxygen atoms in total. The molecule has 0 spiro atoms. The van der Waals surface area contributed by atoms with Crippen molar-refractivity contribution in [3.05, 3.63) is 60.2 Å². The van der Waals surface area contributed by atoms with Crippen LogP contribution < -0.4 is 0 Å². The Kier molecular flexibility index (Phi) is 5.88. The number of carbonyl (C=O) groups excluding carboxylic acids is 1. The zero-order valence-corrected chi connectivity index (χ0v) is 14.7. The fraction of sp³-hybridized carbons (Fsp3) is 0.333. The van der Waals surface area contributed by atoms with Gasteiger partial charge >= 0.3 is 11.9 Å². The minimum atomic E-state index is -1.05. The molecule has 0 aromatic heterocycles. The lowest BCUT2D eigenvalue weighted by molar-refractivity contribution is -0.139. The number of ether oxygens (including phenoxy) is 1. The number of benzene rings is 2. The Morgan fingerprint density at radius 1 is 0.963 bits per heavy atom. The summed E-state index contributed by atoms with van der Waals surface area (Å²) in [7, 11) is 0. The maximum Gasteiger partial charge on any atom is 0.338 e. The van der Waals surface area contributed by atoms with E-state index >= 15 is 0 Å². The minimum absolute atomic E-state index is 0.122. The lowest BCUT2D eigenvalue weighted by Crippen LogP contribution is -2.30. The second-order valence-electron chi connectivity index (χ2n) is 6.80. The van der Waals surface area contributed by atoms with Gasteiger partial charge in [-0.05, 0) is 23.3 Å². The summed E-state index contributed by atoms with van der Waals surface area (Å²) < 4.78 is 5.48. The van der Waals surface area contributed by atoms with Gasteiger partial charge in [-0.25, -0.2) is 4.79 Å². The molecule has 3 N–H and O–H groups in total. The van der Waals surface area contributed by atoms with Crippen LogP contribution in [-0.4, -0.2) is 46.1 Å². The van der Waals surface area contributed by atoms with Crippen molar-refractivity contribution in [1.29, 1.82) is 0 Å². The number of carboxylic acids is 1. The molecule has 6 heteroatoms. The molecule has 142 valence electrons. The first-order valence-electron chi connectivity index (χ1n) is 8.86. The van der Waals surface area contributed by atoms with Crippen molar-refractivity contribution in [2.24, 2.45) is 11.8 Å². The van der Waals surface area contributed by atoms with Gasteiger partial charge in [0.25, 0.3) is 0 Å². The van der Waals surface area contributed by atoms with E-state index in [0.717, 1.165) is 11.1 Å². The number of aliphatic carboxylic acids is 1. The Balaban J connectivity index is 1.69. The molecular formula is C21H22O6. The number of esters is 1. The average molecular weight is 370 g/mol. The summed E-state index contributed by atoms with van der Waals surface area (Å²) in [5, 5.41) is 28.6. The molecule has 0 bridgehead atoms. The Morgan fingerprint density at radius 2 is 1.59 bits per heavy atom. The predicted octanol–water partition coefficient (Wildman–Crippen LogP) is 2.34. The molecule has 1 aliphatic carbocycles. The van der Waals surface area contributed by atoms with Crippen molar-refractivity contribution in [2.75, 3.05) is 6.61 Å². The van der Waals surface area contributed by atoms with Gasteiger partial charge in [0.15, 0.2) is 0 Å². The van der Waals surface area contributed by atoms with Crippen molar-refractivity contribution >= 4 is 11.9 Å². The molecule has 2 aromatic carbocycles. The van der Waals surface area contributed by atoms with E-state index < -0.39 is 36.0 Å². The van der Waals surface area contributed by atoms with Crippen LogP contribution in [-0.2, 0) is 9.53 Å². The first-order valence-corrected chi connectivity index (χ1v) is 8.86. The van der Waals surface area contributed by atoms with Gasteiger partial charge in [0.1, 0.15) is 6.10 Å². The quantitative estimate of drug-likeness (QED) is 0.674. The van der Waals surface area contributed by atoms with Crippen LogP contribution in [0.2, 0.25) is 0 Å². The number of hydrogen-bond donors (Lipinski definition) is 3. The molecule has 2 aromatic rings. The van der Waals surface area contributed by atoms with Crippen molar-refractivity contribution < 1.29 is 29.6 Å². The third-order valence-electron chi connectivity index (χ3n) is 5.10. The van der Waals surface area contributed by atoms with Crippen molar-refractivity contribution in [3.63, 3.8) is 0 Å². The summed E-state index contributed by atoms with van der Waals surface area (Å²) in [5.74, 6) is -2.84. The molecule has 4 atom stereocenters. The number of carbonyl (C=O) groups is 2. The lowest BCUT2D eigenvalue weighted by Gasteiger charge is -2.22. The number of hydrogen-bond acceptors (Lipinski definition) is 5. The predicted molar refractivity (Wildman–Crippen MR) is 98.0 cm³/mol. The molecule has 1 saturated carbocycles. The first-order chi connectivity index (χ1) is 13.0. The number of carboxylic acid groups (broad SMARTS) is 1. The van der Waals surface area contributed by atoms with Crippen LogP contribution in [0, 0.1) is 11.8 Å². The van der Waals surface area contributed by atoms with Crippen LogP contribution in [0.3, 0.4) is 0 Å². The highest BCUT2D eigenvalue weighted by Gasteiger charge is 2.45. The van der Waals surface area contributed by atoms with Gasteiger partial charge in [-0.3, -0.25) is 4.79 Å². The van der Waals surface area contributed by atoms with Crippen LogP contribution >= 0.6 is 0 Å². The number of aliphatic hydroxyl groups is 2. The summed E-state index contributed by atoms with van der Waals surface area (Å²) >= 11 is 0. The second-order valence-corrected chi connectivity index (χ2v) is 6.80. The topological polar surface area (TPSA) is 104 Å². The van der Waals surface area contributed by atoms with Gasteiger partial charge in [0.05, 0.1) is 18.1 Å². The molecule has 0 amide bonds. The minimum Gasteiger partial charge on any atom is -0.481 e. The number of aliphatic hydroxyl groups excluding tert-OH is 2. The zero-order valence-electron chi connectivity index (χ0n) is 14.7. The van der Waals surface area contributed by atoms with Gasteiger partial charge in [-0.1, -0.05) is 42.5 Å². The van der Waals surface area contributed by atoms with E-state index in [1.807, 2.05) is 42.5 Å². The highest BCUT2D eigenvalue weighted by molar-refractivity contribution is 5.90. The van der Waals surface area contributed by atoms with Crippen LogP contribution in [0.15, 0.2) is 54.6 Å². The SMILES string of the molecule is O=C(O)C[C@@H]1[C@@H](CO)[C@H](OC(=O)c2ccc(-c3ccccc3)cc2)C[C@@H]1O. The Morgan fingerprint density at radius 3 is 2.19 bits per heavy atom. The van der Waals surface area contributed by atoms with Crippen LogP contribution in [0.5, 0.6) is 0 Å². The molecule has 0 unspecified atom stereocenters. The molecule has 3 rings (SSSR count). The third-order valence-corrected chi connectivity index (χ3v) is 5.10. The lowest BCUT2D eigenvalue weighted by atomic mass is 9.91. The van der Waals surface area contributed by atoms with Gasteiger partial charge in [-0.2, -0.15) is 0 Å². The van der Waals surface area contributed by atoms with Crippen LogP contribution in [0.25, 0.3) is 11.1 Å². The van der Waals surface area contributed by atoms with E-state index in [1.54, 1.807) is 12.1 Å². The fourth-order valence-corrected chi connectivity index (χ4v) is 3.66. The van der Waals surface area contributed by atoms with E-state index in [0.29, 0.717) is 5.56 Å². The molecule has 0 aliphatic heterocycles. The maximum atomic E-state index is 12.4. The Hall–Kier alpha value is -2.70. The summed E-state index contributed by atoms with van der Waals surface area (Å²) in [6.45, 7) is -0.347. The summed E-state index contributed by atoms with van der Waals surface area (Å²) in [6.07, 6.45) is -1.78. The first kappa shape index (κ1) is 19.1. The van der Waals surface area contributed by atoms with E-state index in [2.05, 4.69) is 0 Å². The molecule has 0 saturated heterocycles. The van der Waals surface area contributed by atoms with Crippen LogP contribution in [0.4, 0.5) is 0 Å². The Bertz CT molecular complexity index is 786. The largest absolute Gasteiger partial charge is 0.481 e. The van der Waals surface area contributed by atoms with Gasteiger partial charge in [0.2, 0.25) is 0 Å². The second kappa shape index (κ2) is 8.33. The molecule has 0 radical (unpaired) electrons.